The Morgan fingerprint density at radius 2 is 0.915 bits per heavy atom. The van der Waals surface area contributed by atoms with E-state index >= 15 is 0 Å². The Balaban J connectivity index is 1.01. The largest absolute Gasteiger partial charge is 0.309 e. The fraction of sp³-hybridized carbons (Fsp3) is 0. The predicted molar refractivity (Wildman–Crippen MR) is 250 cm³/mol. The molecule has 4 aromatic heterocycles. The molecular formula is C55H35N3S. The number of pyridine rings is 1. The lowest BCUT2D eigenvalue weighted by atomic mass is 9.99. The van der Waals surface area contributed by atoms with Gasteiger partial charge in [-0.15, -0.1) is 11.3 Å². The maximum atomic E-state index is 5.23. The van der Waals surface area contributed by atoms with Gasteiger partial charge < -0.3 is 9.13 Å². The Hall–Kier alpha value is -7.53. The fourth-order valence-electron chi connectivity index (χ4n) is 8.99. The number of hydrogen-bond donors (Lipinski definition) is 0. The van der Waals surface area contributed by atoms with E-state index in [0.29, 0.717) is 0 Å². The Morgan fingerprint density at radius 1 is 0.339 bits per heavy atom. The van der Waals surface area contributed by atoms with Crippen molar-refractivity contribution in [1.29, 1.82) is 0 Å². The molecule has 3 nitrogen and oxygen atoms in total. The van der Waals surface area contributed by atoms with Crippen molar-refractivity contribution in [2.75, 3.05) is 0 Å². The van der Waals surface area contributed by atoms with Gasteiger partial charge in [-0.3, -0.25) is 0 Å². The summed E-state index contributed by atoms with van der Waals surface area (Å²) in [6.45, 7) is 0. The lowest BCUT2D eigenvalue weighted by Crippen LogP contribution is -1.95. The second kappa shape index (κ2) is 13.6. The first kappa shape index (κ1) is 33.6. The highest BCUT2D eigenvalue weighted by molar-refractivity contribution is 7.18. The van der Waals surface area contributed by atoms with Crippen LogP contribution in [0.4, 0.5) is 0 Å². The smallest absolute Gasteiger partial charge is 0.0887 e. The molecule has 12 rings (SSSR count). The van der Waals surface area contributed by atoms with E-state index in [-0.39, 0.29) is 0 Å². The highest BCUT2D eigenvalue weighted by atomic mass is 32.1. The summed E-state index contributed by atoms with van der Waals surface area (Å²) >= 11 is 1.80. The molecule has 0 unspecified atom stereocenters. The number of para-hydroxylation sites is 4. The number of thiophene rings is 1. The summed E-state index contributed by atoms with van der Waals surface area (Å²) in [5.74, 6) is 0. The van der Waals surface area contributed by atoms with Crippen molar-refractivity contribution in [1.82, 2.24) is 14.1 Å². The van der Waals surface area contributed by atoms with E-state index in [1.807, 2.05) is 0 Å². The zero-order chi connectivity index (χ0) is 38.9. The van der Waals surface area contributed by atoms with Gasteiger partial charge in [-0.05, 0) is 107 Å². The van der Waals surface area contributed by atoms with Gasteiger partial charge in [0, 0.05) is 48.7 Å². The van der Waals surface area contributed by atoms with Gasteiger partial charge in [0.2, 0.25) is 0 Å². The van der Waals surface area contributed by atoms with E-state index in [2.05, 4.69) is 221 Å². The molecule has 0 aliphatic rings. The van der Waals surface area contributed by atoms with Crippen LogP contribution in [0.3, 0.4) is 0 Å². The second-order valence-corrected chi connectivity index (χ2v) is 16.2. The third kappa shape index (κ3) is 5.53. The number of nitrogens with zero attached hydrogens (tertiary/aromatic N) is 3. The zero-order valence-electron chi connectivity index (χ0n) is 32.0. The molecule has 4 heterocycles. The summed E-state index contributed by atoms with van der Waals surface area (Å²) in [5, 5.41) is 6.13. The molecular weight excluding hydrogens is 735 g/mol. The molecule has 8 aromatic carbocycles. The van der Waals surface area contributed by atoms with Crippen molar-refractivity contribution in [2.45, 2.75) is 0 Å². The van der Waals surface area contributed by atoms with E-state index in [4.69, 9.17) is 4.98 Å². The minimum Gasteiger partial charge on any atom is -0.309 e. The number of benzene rings is 8. The molecule has 0 N–H and O–H groups in total. The van der Waals surface area contributed by atoms with E-state index in [1.165, 1.54) is 70.7 Å². The maximum Gasteiger partial charge on any atom is 0.0887 e. The first-order valence-corrected chi connectivity index (χ1v) is 20.9. The monoisotopic (exact) mass is 769 g/mol. The number of fused-ring (bicyclic) bond motifs is 7. The summed E-state index contributed by atoms with van der Waals surface area (Å²) in [6, 6.07) is 76.8. The Bertz CT molecular complexity index is 3540. The molecule has 12 aromatic rings. The number of aromatic nitrogens is 3. The van der Waals surface area contributed by atoms with Crippen LogP contribution in [0.25, 0.3) is 109 Å². The van der Waals surface area contributed by atoms with Crippen LogP contribution in [0.15, 0.2) is 212 Å². The van der Waals surface area contributed by atoms with Gasteiger partial charge in [-0.1, -0.05) is 127 Å². The molecule has 0 aliphatic heterocycles. The Morgan fingerprint density at radius 3 is 1.69 bits per heavy atom. The van der Waals surface area contributed by atoms with Gasteiger partial charge in [0.05, 0.1) is 38.2 Å². The van der Waals surface area contributed by atoms with Gasteiger partial charge in [-0.25, -0.2) is 4.98 Å². The topological polar surface area (TPSA) is 22.8 Å². The summed E-state index contributed by atoms with van der Waals surface area (Å²) in [5.41, 5.74) is 15.0. The predicted octanol–water partition coefficient (Wildman–Crippen LogP) is 15.2. The van der Waals surface area contributed by atoms with Crippen LogP contribution in [0.1, 0.15) is 0 Å². The second-order valence-electron chi connectivity index (χ2n) is 15.2. The van der Waals surface area contributed by atoms with E-state index in [9.17, 15) is 0 Å². The molecule has 276 valence electrons. The number of rotatable bonds is 6. The molecule has 0 bridgehead atoms. The summed E-state index contributed by atoms with van der Waals surface area (Å²) in [7, 11) is 0. The van der Waals surface area contributed by atoms with Gasteiger partial charge >= 0.3 is 0 Å². The Labute approximate surface area is 345 Å². The average molecular weight is 770 g/mol. The Kier molecular flexibility index (Phi) is 7.72. The van der Waals surface area contributed by atoms with Crippen molar-refractivity contribution in [3.8, 4) is 54.6 Å². The summed E-state index contributed by atoms with van der Waals surface area (Å²) in [4.78, 5) is 7.61. The fourth-order valence-corrected chi connectivity index (χ4v) is 9.99. The molecule has 0 saturated heterocycles. The van der Waals surface area contributed by atoms with Crippen molar-refractivity contribution in [3.63, 3.8) is 0 Å². The van der Waals surface area contributed by atoms with Crippen LogP contribution < -0.4 is 0 Å². The first-order valence-electron chi connectivity index (χ1n) is 20.0. The molecule has 0 saturated carbocycles. The lowest BCUT2D eigenvalue weighted by molar-refractivity contribution is 1.16. The first-order chi connectivity index (χ1) is 29.2. The maximum absolute atomic E-state index is 5.23. The third-order valence-corrected chi connectivity index (χ3v) is 12.9. The molecule has 0 radical (unpaired) electrons. The van der Waals surface area contributed by atoms with Crippen molar-refractivity contribution in [2.24, 2.45) is 0 Å². The van der Waals surface area contributed by atoms with E-state index < -0.39 is 0 Å². The highest BCUT2D eigenvalue weighted by Crippen LogP contribution is 2.43. The van der Waals surface area contributed by atoms with Gasteiger partial charge in [-0.2, -0.15) is 0 Å². The van der Waals surface area contributed by atoms with Crippen LogP contribution >= 0.6 is 11.3 Å². The van der Waals surface area contributed by atoms with Gasteiger partial charge in [0.25, 0.3) is 0 Å². The molecule has 59 heavy (non-hydrogen) atoms. The SMILES string of the molecule is c1ccc(-c2cc3ccccc3nc2-c2ccc(-c3cccc(-c4ccc5c(c4)c4cc6c7ccccc7n(-c7ccccc7)c6cc4n5-c4ccccc4)c3)s2)cc1. The van der Waals surface area contributed by atoms with Crippen molar-refractivity contribution < 1.29 is 0 Å². The minimum absolute atomic E-state index is 1.01. The molecule has 0 amide bonds. The standard InChI is InChI=1S/C55H35N3S/c1-4-15-36(16-5-1)44-33-39-17-10-12-25-48(39)56-55(44)54-30-29-53(59-54)40-19-14-18-37(31-40)38-27-28-50-45(32-38)47-34-46-43-24-11-13-26-49(43)57(41-20-6-2-7-21-41)51(46)35-52(47)58(50)42-22-8-3-9-23-42/h1-35H. The van der Waals surface area contributed by atoms with E-state index in [0.717, 1.165) is 38.4 Å². The molecule has 0 fully saturated rings. The summed E-state index contributed by atoms with van der Waals surface area (Å²) < 4.78 is 4.83. The van der Waals surface area contributed by atoms with Crippen LogP contribution in [0, 0.1) is 0 Å². The van der Waals surface area contributed by atoms with Crippen molar-refractivity contribution in [3.05, 3.63) is 212 Å². The average Bonchev–Trinajstić information content (AvgIpc) is 4.02. The van der Waals surface area contributed by atoms with Crippen molar-refractivity contribution >= 4 is 65.9 Å². The van der Waals surface area contributed by atoms with Crippen LogP contribution in [0.2, 0.25) is 0 Å². The van der Waals surface area contributed by atoms with Crippen LogP contribution in [-0.2, 0) is 0 Å². The molecule has 4 heteroatoms. The quantitative estimate of drug-likeness (QED) is 0.165. The summed E-state index contributed by atoms with van der Waals surface area (Å²) in [6.07, 6.45) is 0. The minimum atomic E-state index is 1.01. The van der Waals surface area contributed by atoms with Crippen LogP contribution in [-0.4, -0.2) is 14.1 Å². The normalized spacial score (nSPS) is 11.7. The van der Waals surface area contributed by atoms with E-state index in [1.54, 1.807) is 11.3 Å². The molecule has 0 atom stereocenters. The zero-order valence-corrected chi connectivity index (χ0v) is 32.8. The molecule has 0 aliphatic carbocycles. The van der Waals surface area contributed by atoms with Gasteiger partial charge in [0.15, 0.2) is 0 Å². The lowest BCUT2D eigenvalue weighted by Gasteiger charge is -2.10. The van der Waals surface area contributed by atoms with Crippen LogP contribution in [0.5, 0.6) is 0 Å². The van der Waals surface area contributed by atoms with Gasteiger partial charge in [0.1, 0.15) is 0 Å². The highest BCUT2D eigenvalue weighted by Gasteiger charge is 2.20. The molecule has 0 spiro atoms. The third-order valence-electron chi connectivity index (χ3n) is 11.7. The number of hydrogen-bond acceptors (Lipinski definition) is 2.